The number of aliphatic imine (C=N–C) groups is 1. The molecule has 1 N–H and O–H groups in total. The van der Waals surface area contributed by atoms with Crippen LogP contribution < -0.4 is 5.32 Å². The van der Waals surface area contributed by atoms with E-state index in [1.807, 2.05) is 0 Å². The van der Waals surface area contributed by atoms with E-state index in [9.17, 15) is 0 Å². The average Bonchev–Trinajstić information content (AvgIpc) is 2.60. The Morgan fingerprint density at radius 3 is 2.91 bits per heavy atom. The third-order valence-electron chi connectivity index (χ3n) is 2.22. The van der Waals surface area contributed by atoms with Crippen LogP contribution in [0, 0.1) is 0 Å². The number of hydrogen-bond acceptors (Lipinski definition) is 2. The first-order valence-corrected chi connectivity index (χ1v) is 4.43. The van der Waals surface area contributed by atoms with E-state index in [2.05, 4.69) is 16.4 Å². The summed E-state index contributed by atoms with van der Waals surface area (Å²) in [6.45, 7) is 2.19. The van der Waals surface area contributed by atoms with Crippen molar-refractivity contribution in [1.29, 1.82) is 0 Å². The molecule has 0 aromatic rings. The van der Waals surface area contributed by atoms with Gasteiger partial charge in [-0.2, -0.15) is 0 Å². The second-order valence-electron chi connectivity index (χ2n) is 3.18. The SMILES string of the molecule is C(/C1=NCCC1)=C1\CCCN1. The van der Waals surface area contributed by atoms with Crippen LogP contribution in [-0.4, -0.2) is 18.8 Å². The summed E-state index contributed by atoms with van der Waals surface area (Å²) in [6.07, 6.45) is 7.18. The number of rotatable bonds is 1. The molecular weight excluding hydrogens is 136 g/mol. The maximum absolute atomic E-state index is 4.40. The Labute approximate surface area is 67.4 Å². The van der Waals surface area contributed by atoms with Gasteiger partial charge in [0, 0.05) is 24.5 Å². The number of hydrogen-bond donors (Lipinski definition) is 1. The topological polar surface area (TPSA) is 24.4 Å². The van der Waals surface area contributed by atoms with Gasteiger partial charge in [0.05, 0.1) is 0 Å². The van der Waals surface area contributed by atoms with Gasteiger partial charge in [-0.1, -0.05) is 0 Å². The van der Waals surface area contributed by atoms with Crippen molar-refractivity contribution in [3.63, 3.8) is 0 Å². The van der Waals surface area contributed by atoms with Crippen molar-refractivity contribution < 1.29 is 0 Å². The van der Waals surface area contributed by atoms with E-state index in [4.69, 9.17) is 0 Å². The molecule has 0 bridgehead atoms. The summed E-state index contributed by atoms with van der Waals surface area (Å²) in [5.41, 5.74) is 2.69. The van der Waals surface area contributed by atoms with Gasteiger partial charge in [-0.15, -0.1) is 0 Å². The summed E-state index contributed by atoms with van der Waals surface area (Å²) < 4.78 is 0. The molecule has 0 unspecified atom stereocenters. The van der Waals surface area contributed by atoms with Gasteiger partial charge in [-0.05, 0) is 31.8 Å². The lowest BCUT2D eigenvalue weighted by molar-refractivity contribution is 0.903. The highest BCUT2D eigenvalue weighted by Gasteiger charge is 2.08. The standard InChI is InChI=1S/C9H14N2/c1-3-8(10-5-1)7-9-4-2-6-11-9/h7,10H,1-6H2/b8-7-. The summed E-state index contributed by atoms with van der Waals surface area (Å²) in [7, 11) is 0. The maximum Gasteiger partial charge on any atom is 0.0396 e. The molecule has 1 fully saturated rings. The van der Waals surface area contributed by atoms with E-state index in [0.29, 0.717) is 0 Å². The van der Waals surface area contributed by atoms with E-state index >= 15 is 0 Å². The fourth-order valence-corrected chi connectivity index (χ4v) is 1.62. The van der Waals surface area contributed by atoms with Crippen LogP contribution in [-0.2, 0) is 0 Å². The van der Waals surface area contributed by atoms with Crippen molar-refractivity contribution in [3.8, 4) is 0 Å². The van der Waals surface area contributed by atoms with Gasteiger partial charge in [0.1, 0.15) is 0 Å². The smallest absolute Gasteiger partial charge is 0.0396 e. The molecule has 60 valence electrons. The molecule has 11 heavy (non-hydrogen) atoms. The van der Waals surface area contributed by atoms with Crippen molar-refractivity contribution >= 4 is 5.71 Å². The minimum absolute atomic E-state index is 1.04. The molecule has 2 nitrogen and oxygen atoms in total. The second-order valence-corrected chi connectivity index (χ2v) is 3.18. The molecule has 0 saturated carbocycles. The van der Waals surface area contributed by atoms with E-state index in [0.717, 1.165) is 13.1 Å². The van der Waals surface area contributed by atoms with E-state index < -0.39 is 0 Å². The summed E-state index contributed by atoms with van der Waals surface area (Å²) in [5.74, 6) is 0. The lowest BCUT2D eigenvalue weighted by Gasteiger charge is -1.96. The predicted molar refractivity (Wildman–Crippen MR) is 46.9 cm³/mol. The minimum atomic E-state index is 1.04. The van der Waals surface area contributed by atoms with Crippen LogP contribution >= 0.6 is 0 Å². The Kier molecular flexibility index (Phi) is 1.93. The van der Waals surface area contributed by atoms with Crippen molar-refractivity contribution in [2.45, 2.75) is 25.7 Å². The normalized spacial score (nSPS) is 27.3. The van der Waals surface area contributed by atoms with Gasteiger partial charge in [-0.3, -0.25) is 4.99 Å². The summed E-state index contributed by atoms with van der Waals surface area (Å²) in [4.78, 5) is 4.40. The molecule has 0 aromatic carbocycles. The summed E-state index contributed by atoms with van der Waals surface area (Å²) in [5, 5.41) is 3.36. The molecule has 0 aromatic heterocycles. The summed E-state index contributed by atoms with van der Waals surface area (Å²) >= 11 is 0. The highest BCUT2D eigenvalue weighted by Crippen LogP contribution is 2.12. The van der Waals surface area contributed by atoms with Gasteiger partial charge in [0.15, 0.2) is 0 Å². The zero-order valence-electron chi connectivity index (χ0n) is 6.77. The Bertz CT molecular complexity index is 196. The fourth-order valence-electron chi connectivity index (χ4n) is 1.62. The molecule has 2 aliphatic heterocycles. The van der Waals surface area contributed by atoms with Crippen molar-refractivity contribution in [1.82, 2.24) is 5.32 Å². The van der Waals surface area contributed by atoms with Gasteiger partial charge < -0.3 is 5.32 Å². The van der Waals surface area contributed by atoms with E-state index in [1.165, 1.54) is 37.1 Å². The highest BCUT2D eigenvalue weighted by atomic mass is 14.9. The third kappa shape index (κ3) is 1.62. The molecule has 2 heteroatoms. The van der Waals surface area contributed by atoms with Gasteiger partial charge in [0.25, 0.3) is 0 Å². The summed E-state index contributed by atoms with van der Waals surface area (Å²) in [6, 6.07) is 0. The van der Waals surface area contributed by atoms with Gasteiger partial charge in [0.2, 0.25) is 0 Å². The second kappa shape index (κ2) is 3.07. The van der Waals surface area contributed by atoms with Crippen LogP contribution in [0.15, 0.2) is 16.8 Å². The largest absolute Gasteiger partial charge is 0.388 e. The maximum atomic E-state index is 4.40. The molecule has 0 spiro atoms. The van der Waals surface area contributed by atoms with Crippen LogP contribution in [0.2, 0.25) is 0 Å². The molecule has 2 aliphatic rings. The van der Waals surface area contributed by atoms with E-state index in [-0.39, 0.29) is 0 Å². The van der Waals surface area contributed by atoms with Crippen LogP contribution in [0.4, 0.5) is 0 Å². The number of nitrogens with zero attached hydrogens (tertiary/aromatic N) is 1. The lowest BCUT2D eigenvalue weighted by Crippen LogP contribution is -2.05. The van der Waals surface area contributed by atoms with Crippen molar-refractivity contribution in [3.05, 3.63) is 11.8 Å². The highest BCUT2D eigenvalue weighted by molar-refractivity contribution is 5.96. The molecule has 0 radical (unpaired) electrons. The zero-order valence-corrected chi connectivity index (χ0v) is 6.77. The van der Waals surface area contributed by atoms with Crippen molar-refractivity contribution in [2.75, 3.05) is 13.1 Å². The quantitative estimate of drug-likeness (QED) is 0.601. The molecule has 2 heterocycles. The average molecular weight is 150 g/mol. The van der Waals surface area contributed by atoms with Crippen molar-refractivity contribution in [2.24, 2.45) is 4.99 Å². The number of nitrogens with one attached hydrogen (secondary N) is 1. The van der Waals surface area contributed by atoms with Crippen LogP contribution in [0.3, 0.4) is 0 Å². The monoisotopic (exact) mass is 150 g/mol. The molecular formula is C9H14N2. The van der Waals surface area contributed by atoms with Gasteiger partial charge in [-0.25, -0.2) is 0 Å². The number of allylic oxidation sites excluding steroid dienone is 2. The Balaban J connectivity index is 2.00. The molecule has 1 saturated heterocycles. The molecule has 0 atom stereocenters. The van der Waals surface area contributed by atoms with Crippen LogP contribution in [0.1, 0.15) is 25.7 Å². The Morgan fingerprint density at radius 1 is 1.27 bits per heavy atom. The zero-order chi connectivity index (χ0) is 7.52. The Hall–Kier alpha value is -0.790. The third-order valence-corrected chi connectivity index (χ3v) is 2.22. The van der Waals surface area contributed by atoms with Crippen LogP contribution in [0.5, 0.6) is 0 Å². The first-order chi connectivity index (χ1) is 5.45. The lowest BCUT2D eigenvalue weighted by atomic mass is 10.2. The molecule has 0 aliphatic carbocycles. The fraction of sp³-hybridized carbons (Fsp3) is 0.667. The predicted octanol–water partition coefficient (Wildman–Crippen LogP) is 1.49. The van der Waals surface area contributed by atoms with E-state index in [1.54, 1.807) is 0 Å². The molecule has 0 amide bonds. The first kappa shape index (κ1) is 6.89. The van der Waals surface area contributed by atoms with Gasteiger partial charge >= 0.3 is 0 Å². The first-order valence-electron chi connectivity index (χ1n) is 4.43. The van der Waals surface area contributed by atoms with Crippen LogP contribution in [0.25, 0.3) is 0 Å². The molecule has 2 rings (SSSR count). The minimum Gasteiger partial charge on any atom is -0.388 e. The Morgan fingerprint density at radius 2 is 2.27 bits per heavy atom.